The molecular weight excluding hydrogens is 319 g/mol. The molecule has 0 aliphatic carbocycles. The van der Waals surface area contributed by atoms with E-state index in [1.807, 2.05) is 0 Å². The van der Waals surface area contributed by atoms with Crippen LogP contribution < -0.4 is 5.32 Å². The highest BCUT2D eigenvalue weighted by Gasteiger charge is 2.15. The second-order valence-electron chi connectivity index (χ2n) is 5.03. The van der Waals surface area contributed by atoms with Gasteiger partial charge in [-0.3, -0.25) is 14.9 Å². The number of nitro benzene ring substituents is 1. The van der Waals surface area contributed by atoms with Gasteiger partial charge in [0.15, 0.2) is 0 Å². The molecule has 5 nitrogen and oxygen atoms in total. The number of non-ortho nitro benzene ring substituents is 1. The molecule has 1 amide bonds. The fraction of sp³-hybridized carbons (Fsp3) is 0.0625. The summed E-state index contributed by atoms with van der Waals surface area (Å²) in [5.41, 5.74) is 0.902. The van der Waals surface area contributed by atoms with Crippen molar-refractivity contribution >= 4 is 38.7 Å². The SMILES string of the molecule is Cc1ccc(F)c(NC(=O)c2cc3cc([N+](=O)[O-])ccc3s2)c1. The van der Waals surface area contributed by atoms with Gasteiger partial charge in [-0.2, -0.15) is 0 Å². The van der Waals surface area contributed by atoms with Gasteiger partial charge in [-0.05, 0) is 36.8 Å². The Balaban J connectivity index is 1.91. The summed E-state index contributed by atoms with van der Waals surface area (Å²) >= 11 is 1.20. The molecule has 3 rings (SSSR count). The molecule has 3 aromatic rings. The lowest BCUT2D eigenvalue weighted by molar-refractivity contribution is -0.384. The van der Waals surface area contributed by atoms with Crippen molar-refractivity contribution in [3.05, 3.63) is 68.8 Å². The van der Waals surface area contributed by atoms with Gasteiger partial charge in [0, 0.05) is 22.2 Å². The van der Waals surface area contributed by atoms with Crippen molar-refractivity contribution in [2.45, 2.75) is 6.92 Å². The number of anilines is 1. The van der Waals surface area contributed by atoms with Crippen molar-refractivity contribution in [1.29, 1.82) is 0 Å². The Hall–Kier alpha value is -2.80. The number of halogens is 1. The smallest absolute Gasteiger partial charge is 0.270 e. The Kier molecular flexibility index (Phi) is 3.79. The van der Waals surface area contributed by atoms with Crippen molar-refractivity contribution in [3.8, 4) is 0 Å². The Morgan fingerprint density at radius 2 is 2.00 bits per heavy atom. The lowest BCUT2D eigenvalue weighted by Gasteiger charge is -2.05. The molecule has 1 aromatic heterocycles. The fourth-order valence-corrected chi connectivity index (χ4v) is 3.11. The Morgan fingerprint density at radius 3 is 2.74 bits per heavy atom. The van der Waals surface area contributed by atoms with Crippen LogP contribution in [0.1, 0.15) is 15.2 Å². The second-order valence-corrected chi connectivity index (χ2v) is 6.11. The van der Waals surface area contributed by atoms with Crippen LogP contribution in [-0.2, 0) is 0 Å². The molecule has 0 fully saturated rings. The van der Waals surface area contributed by atoms with E-state index in [0.29, 0.717) is 10.3 Å². The molecule has 0 atom stereocenters. The van der Waals surface area contributed by atoms with E-state index in [1.165, 1.54) is 29.5 Å². The number of amides is 1. The zero-order valence-corrected chi connectivity index (χ0v) is 12.8. The normalized spacial score (nSPS) is 10.7. The lowest BCUT2D eigenvalue weighted by atomic mass is 10.2. The Bertz CT molecular complexity index is 936. The van der Waals surface area contributed by atoms with Crippen molar-refractivity contribution in [3.63, 3.8) is 0 Å². The summed E-state index contributed by atoms with van der Waals surface area (Å²) < 4.78 is 14.5. The van der Waals surface area contributed by atoms with Gasteiger partial charge in [0.05, 0.1) is 15.5 Å². The van der Waals surface area contributed by atoms with Gasteiger partial charge in [0.1, 0.15) is 5.82 Å². The third kappa shape index (κ3) is 3.04. The van der Waals surface area contributed by atoms with E-state index in [-0.39, 0.29) is 11.4 Å². The van der Waals surface area contributed by atoms with E-state index >= 15 is 0 Å². The summed E-state index contributed by atoms with van der Waals surface area (Å²) in [4.78, 5) is 22.9. The summed E-state index contributed by atoms with van der Waals surface area (Å²) in [6.45, 7) is 1.80. The molecule has 0 saturated heterocycles. The van der Waals surface area contributed by atoms with Gasteiger partial charge < -0.3 is 5.32 Å². The highest BCUT2D eigenvalue weighted by atomic mass is 32.1. The summed E-state index contributed by atoms with van der Waals surface area (Å²) in [5, 5.41) is 13.9. The Labute approximate surface area is 134 Å². The minimum absolute atomic E-state index is 0.0352. The van der Waals surface area contributed by atoms with Crippen LogP contribution >= 0.6 is 11.3 Å². The summed E-state index contributed by atoms with van der Waals surface area (Å²) in [6.07, 6.45) is 0. The van der Waals surface area contributed by atoms with Crippen LogP contribution in [0.15, 0.2) is 42.5 Å². The van der Waals surface area contributed by atoms with E-state index in [4.69, 9.17) is 0 Å². The standard InChI is InChI=1S/C16H11FN2O3S/c1-9-2-4-12(17)13(6-9)18-16(20)15-8-10-7-11(19(21)22)3-5-14(10)23-15/h2-8H,1H3,(H,18,20). The first-order valence-corrected chi connectivity index (χ1v) is 7.51. The maximum Gasteiger partial charge on any atom is 0.270 e. The fourth-order valence-electron chi connectivity index (χ4n) is 2.18. The molecule has 2 aromatic carbocycles. The number of carbonyl (C=O) groups is 1. The maximum atomic E-state index is 13.7. The van der Waals surface area contributed by atoms with Gasteiger partial charge in [-0.1, -0.05) is 6.07 Å². The largest absolute Gasteiger partial charge is 0.319 e. The first kappa shape index (κ1) is 15.1. The number of nitrogens with zero attached hydrogens (tertiary/aromatic N) is 1. The van der Waals surface area contributed by atoms with Gasteiger partial charge in [-0.25, -0.2) is 4.39 Å². The number of fused-ring (bicyclic) bond motifs is 1. The first-order valence-electron chi connectivity index (χ1n) is 6.69. The summed E-state index contributed by atoms with van der Waals surface area (Å²) in [6, 6.07) is 10.4. The summed E-state index contributed by atoms with van der Waals surface area (Å²) in [7, 11) is 0. The molecule has 23 heavy (non-hydrogen) atoms. The van der Waals surface area contributed by atoms with Crippen LogP contribution in [-0.4, -0.2) is 10.8 Å². The second kappa shape index (κ2) is 5.77. The minimum Gasteiger partial charge on any atom is -0.319 e. The lowest BCUT2D eigenvalue weighted by Crippen LogP contribution is -2.11. The third-order valence-electron chi connectivity index (χ3n) is 3.30. The number of rotatable bonds is 3. The van der Waals surface area contributed by atoms with Gasteiger partial charge >= 0.3 is 0 Å². The van der Waals surface area contributed by atoms with Crippen LogP contribution in [0.3, 0.4) is 0 Å². The van der Waals surface area contributed by atoms with Crippen molar-refractivity contribution < 1.29 is 14.1 Å². The van der Waals surface area contributed by atoms with Crippen LogP contribution in [0.25, 0.3) is 10.1 Å². The van der Waals surface area contributed by atoms with E-state index in [1.54, 1.807) is 31.2 Å². The predicted octanol–water partition coefficient (Wildman–Crippen LogP) is 4.51. The number of hydrogen-bond acceptors (Lipinski definition) is 4. The average molecular weight is 330 g/mol. The molecular formula is C16H11FN2O3S. The molecule has 0 aliphatic heterocycles. The number of nitro groups is 1. The van der Waals surface area contributed by atoms with E-state index in [2.05, 4.69) is 5.32 Å². The topological polar surface area (TPSA) is 72.2 Å². The van der Waals surface area contributed by atoms with Gasteiger partial charge in [0.2, 0.25) is 0 Å². The number of benzene rings is 2. The number of aryl methyl sites for hydroxylation is 1. The first-order chi connectivity index (χ1) is 10.9. The molecule has 116 valence electrons. The van der Waals surface area contributed by atoms with Crippen LogP contribution in [0.4, 0.5) is 15.8 Å². The molecule has 7 heteroatoms. The van der Waals surface area contributed by atoms with Crippen LogP contribution in [0, 0.1) is 22.9 Å². The quantitative estimate of drug-likeness (QED) is 0.567. The van der Waals surface area contributed by atoms with Crippen molar-refractivity contribution in [2.24, 2.45) is 0 Å². The summed E-state index contributed by atoms with van der Waals surface area (Å²) in [5.74, 6) is -0.959. The maximum absolute atomic E-state index is 13.7. The van der Waals surface area contributed by atoms with Gasteiger partial charge in [-0.15, -0.1) is 11.3 Å². The number of thiophene rings is 1. The number of carbonyl (C=O) groups excluding carboxylic acids is 1. The van der Waals surface area contributed by atoms with E-state index in [9.17, 15) is 19.3 Å². The molecule has 1 heterocycles. The monoisotopic (exact) mass is 330 g/mol. The zero-order valence-electron chi connectivity index (χ0n) is 12.0. The van der Waals surface area contributed by atoms with Crippen LogP contribution in [0.5, 0.6) is 0 Å². The van der Waals surface area contributed by atoms with Crippen LogP contribution in [0.2, 0.25) is 0 Å². The molecule has 1 N–H and O–H groups in total. The number of hydrogen-bond donors (Lipinski definition) is 1. The average Bonchev–Trinajstić information content (AvgIpc) is 2.94. The number of nitrogens with one attached hydrogen (secondary N) is 1. The molecule has 0 unspecified atom stereocenters. The highest BCUT2D eigenvalue weighted by molar-refractivity contribution is 7.20. The van der Waals surface area contributed by atoms with Crippen molar-refractivity contribution in [2.75, 3.05) is 5.32 Å². The molecule has 0 saturated carbocycles. The predicted molar refractivity (Wildman–Crippen MR) is 87.6 cm³/mol. The third-order valence-corrected chi connectivity index (χ3v) is 4.42. The molecule has 0 radical (unpaired) electrons. The van der Waals surface area contributed by atoms with E-state index in [0.717, 1.165) is 10.3 Å². The minimum atomic E-state index is -0.513. The molecule has 0 bridgehead atoms. The Morgan fingerprint density at radius 1 is 1.22 bits per heavy atom. The highest BCUT2D eigenvalue weighted by Crippen LogP contribution is 2.29. The van der Waals surface area contributed by atoms with E-state index < -0.39 is 16.6 Å². The van der Waals surface area contributed by atoms with Crippen molar-refractivity contribution in [1.82, 2.24) is 0 Å². The molecule has 0 spiro atoms. The zero-order chi connectivity index (χ0) is 16.6. The molecule has 0 aliphatic rings. The van der Waals surface area contributed by atoms with Gasteiger partial charge in [0.25, 0.3) is 11.6 Å².